The first-order valence-corrected chi connectivity index (χ1v) is 23.3. The van der Waals surface area contributed by atoms with Crippen molar-refractivity contribution in [2.75, 3.05) is 0 Å². The number of aliphatic carboxylic acids is 2. The third-order valence-corrected chi connectivity index (χ3v) is 10.9. The van der Waals surface area contributed by atoms with E-state index in [1.807, 2.05) is 36.4 Å². The standard InChI is InChI=1S/2C25H42O4.Ba/c2*1-2-3-11-18-23(26)24(29-21-22-16-12-10-13-17-22)19-14-8-6-4-5-7-9-15-20-25(27)28;/h2*10,12-13,16-17,23-24,26H,2-9,11,14-15,18-21H2,1H3,(H,27,28);/q;;+2/p-2. The molecule has 9 heteroatoms. The van der Waals surface area contributed by atoms with E-state index in [-0.39, 0.29) is 86.1 Å². The number of ether oxygens (including phenoxy) is 2. The number of hydrogen-bond acceptors (Lipinski definition) is 8. The average Bonchev–Trinajstić information content (AvgIpc) is 3.22. The van der Waals surface area contributed by atoms with Gasteiger partial charge >= 0.3 is 48.9 Å². The van der Waals surface area contributed by atoms with E-state index in [0.29, 0.717) is 13.2 Å². The van der Waals surface area contributed by atoms with Gasteiger partial charge in [-0.05, 0) is 62.5 Å². The van der Waals surface area contributed by atoms with Crippen LogP contribution < -0.4 is 10.2 Å². The van der Waals surface area contributed by atoms with Gasteiger partial charge in [0, 0.05) is 11.9 Å². The van der Waals surface area contributed by atoms with Crippen LogP contribution in [0.2, 0.25) is 0 Å². The summed E-state index contributed by atoms with van der Waals surface area (Å²) in [4.78, 5) is 20.7. The maximum absolute atomic E-state index is 10.6. The Morgan fingerprint density at radius 2 is 0.746 bits per heavy atom. The molecule has 0 amide bonds. The summed E-state index contributed by atoms with van der Waals surface area (Å²) < 4.78 is 12.2. The van der Waals surface area contributed by atoms with Gasteiger partial charge in [-0.1, -0.05) is 203 Å². The Bertz CT molecular complexity index is 1110. The van der Waals surface area contributed by atoms with Crippen molar-refractivity contribution in [3.63, 3.8) is 0 Å². The summed E-state index contributed by atoms with van der Waals surface area (Å²) >= 11 is 0. The summed E-state index contributed by atoms with van der Waals surface area (Å²) in [6.45, 7) is 5.47. The summed E-state index contributed by atoms with van der Waals surface area (Å²) in [5.74, 6) is -1.88. The summed E-state index contributed by atoms with van der Waals surface area (Å²) in [7, 11) is 0. The molecule has 0 fully saturated rings. The molecule has 2 N–H and O–H groups in total. The maximum atomic E-state index is 10.6. The first-order chi connectivity index (χ1) is 28.3. The normalized spacial score (nSPS) is 13.1. The fourth-order valence-electron chi connectivity index (χ4n) is 7.26. The molecule has 0 saturated heterocycles. The molecule has 0 aliphatic rings. The van der Waals surface area contributed by atoms with Crippen LogP contribution in [-0.2, 0) is 32.3 Å². The summed E-state index contributed by atoms with van der Waals surface area (Å²) in [5.41, 5.74) is 2.30. The van der Waals surface area contributed by atoms with Crippen LogP contribution in [-0.4, -0.2) is 95.4 Å². The molecule has 0 heterocycles. The molecule has 0 aromatic heterocycles. The largest absolute Gasteiger partial charge is 2.00 e. The van der Waals surface area contributed by atoms with Crippen molar-refractivity contribution in [2.24, 2.45) is 0 Å². The van der Waals surface area contributed by atoms with Gasteiger partial charge in [-0.15, -0.1) is 0 Å². The Hall–Kier alpha value is -1.21. The van der Waals surface area contributed by atoms with E-state index in [1.165, 1.54) is 38.5 Å². The second-order valence-corrected chi connectivity index (χ2v) is 16.3. The van der Waals surface area contributed by atoms with Crippen molar-refractivity contribution in [3.8, 4) is 0 Å². The van der Waals surface area contributed by atoms with Gasteiger partial charge in [-0.3, -0.25) is 0 Å². The van der Waals surface area contributed by atoms with Crippen molar-refractivity contribution in [3.05, 3.63) is 71.8 Å². The van der Waals surface area contributed by atoms with Crippen LogP contribution in [0.3, 0.4) is 0 Å². The summed E-state index contributed by atoms with van der Waals surface area (Å²) in [5, 5.41) is 42.0. The molecule has 0 aliphatic heterocycles. The number of unbranched alkanes of at least 4 members (excludes halogenated alkanes) is 18. The molecular weight excluding hydrogens is 866 g/mol. The smallest absolute Gasteiger partial charge is 0.550 e. The minimum absolute atomic E-state index is 0. The average molecular weight is 949 g/mol. The predicted molar refractivity (Wildman–Crippen MR) is 238 cm³/mol. The number of aliphatic hydroxyl groups is 2. The Morgan fingerprint density at radius 3 is 1.05 bits per heavy atom. The number of aliphatic hydroxyl groups excluding tert-OH is 2. The number of carbonyl (C=O) groups excluding carboxylic acids is 2. The molecule has 0 radical (unpaired) electrons. The van der Waals surface area contributed by atoms with Gasteiger partial charge < -0.3 is 39.5 Å². The summed E-state index contributed by atoms with van der Waals surface area (Å²) in [6.07, 6.45) is 26.9. The van der Waals surface area contributed by atoms with Crippen molar-refractivity contribution in [1.82, 2.24) is 0 Å². The van der Waals surface area contributed by atoms with E-state index in [9.17, 15) is 30.0 Å². The van der Waals surface area contributed by atoms with E-state index < -0.39 is 11.9 Å². The van der Waals surface area contributed by atoms with Crippen LogP contribution in [0, 0.1) is 0 Å². The SMILES string of the molecule is CCCCCC(O)C(CCCCCCCCCCC(=O)[O-])OCc1ccccc1.CCCCCC(O)C(CCCCCCCCCCC(=O)[O-])OCc1ccccc1.[Ba+2]. The van der Waals surface area contributed by atoms with Crippen LogP contribution in [0.1, 0.15) is 205 Å². The molecule has 0 spiro atoms. The van der Waals surface area contributed by atoms with E-state index in [2.05, 4.69) is 38.1 Å². The van der Waals surface area contributed by atoms with Crippen molar-refractivity contribution >= 4 is 60.8 Å². The minimum atomic E-state index is -0.939. The van der Waals surface area contributed by atoms with E-state index in [0.717, 1.165) is 140 Å². The molecule has 4 atom stereocenters. The second-order valence-electron chi connectivity index (χ2n) is 16.3. The van der Waals surface area contributed by atoms with Crippen LogP contribution in [0.25, 0.3) is 0 Å². The Labute approximate surface area is 400 Å². The van der Waals surface area contributed by atoms with E-state index >= 15 is 0 Å². The van der Waals surface area contributed by atoms with Crippen molar-refractivity contribution in [2.45, 2.75) is 231 Å². The Morgan fingerprint density at radius 1 is 0.458 bits per heavy atom. The topological polar surface area (TPSA) is 139 Å². The number of carboxylic acid groups (broad SMARTS) is 2. The van der Waals surface area contributed by atoms with Crippen molar-refractivity contribution < 1.29 is 39.5 Å². The van der Waals surface area contributed by atoms with Gasteiger partial charge in [-0.2, -0.15) is 0 Å². The maximum Gasteiger partial charge on any atom is 2.00 e. The summed E-state index contributed by atoms with van der Waals surface area (Å²) in [6, 6.07) is 20.3. The zero-order valence-electron chi connectivity index (χ0n) is 37.3. The Kier molecular flexibility index (Phi) is 41.2. The fraction of sp³-hybridized carbons (Fsp3) is 0.720. The fourth-order valence-corrected chi connectivity index (χ4v) is 7.26. The third kappa shape index (κ3) is 36.0. The van der Waals surface area contributed by atoms with Crippen molar-refractivity contribution in [1.29, 1.82) is 0 Å². The van der Waals surface area contributed by atoms with E-state index in [4.69, 9.17) is 9.47 Å². The zero-order valence-corrected chi connectivity index (χ0v) is 41.8. The van der Waals surface area contributed by atoms with Crippen LogP contribution in [0.15, 0.2) is 60.7 Å². The number of carbonyl (C=O) groups is 2. The van der Waals surface area contributed by atoms with Gasteiger partial charge in [0.15, 0.2) is 0 Å². The van der Waals surface area contributed by atoms with Gasteiger partial charge in [0.2, 0.25) is 0 Å². The molecule has 2 rings (SSSR count). The number of hydrogen-bond donors (Lipinski definition) is 2. The molecule has 59 heavy (non-hydrogen) atoms. The molecule has 8 nitrogen and oxygen atoms in total. The monoisotopic (exact) mass is 949 g/mol. The molecule has 0 saturated carbocycles. The van der Waals surface area contributed by atoms with Gasteiger partial charge in [-0.25, -0.2) is 0 Å². The Balaban J connectivity index is 0.00000112. The zero-order chi connectivity index (χ0) is 42.3. The first kappa shape index (κ1) is 57.8. The van der Waals surface area contributed by atoms with Gasteiger partial charge in [0.1, 0.15) is 0 Å². The third-order valence-electron chi connectivity index (χ3n) is 10.9. The number of rotatable bonds is 38. The molecule has 332 valence electrons. The molecule has 2 aromatic rings. The van der Waals surface area contributed by atoms with Crippen LogP contribution >= 0.6 is 0 Å². The molecular formula is C50H82BaO8. The van der Waals surface area contributed by atoms with Crippen LogP contribution in [0.4, 0.5) is 0 Å². The second kappa shape index (κ2) is 42.1. The molecule has 0 bridgehead atoms. The molecule has 4 unspecified atom stereocenters. The van der Waals surface area contributed by atoms with Gasteiger partial charge in [0.05, 0.1) is 37.6 Å². The predicted octanol–water partition coefficient (Wildman–Crippen LogP) is 9.95. The quantitative estimate of drug-likeness (QED) is 0.0501. The number of benzene rings is 2. The molecule has 0 aliphatic carbocycles. The van der Waals surface area contributed by atoms with Crippen LogP contribution in [0.5, 0.6) is 0 Å². The van der Waals surface area contributed by atoms with E-state index in [1.54, 1.807) is 0 Å². The minimum Gasteiger partial charge on any atom is -0.550 e. The number of carboxylic acids is 2. The molecule has 2 aromatic carbocycles. The first-order valence-electron chi connectivity index (χ1n) is 23.3. The van der Waals surface area contributed by atoms with Gasteiger partial charge in [0.25, 0.3) is 0 Å².